The van der Waals surface area contributed by atoms with Crippen LogP contribution in [-0.4, -0.2) is 38.2 Å². The summed E-state index contributed by atoms with van der Waals surface area (Å²) in [4.78, 5) is 14.8. The average molecular weight is 363 g/mol. The van der Waals surface area contributed by atoms with E-state index in [-0.39, 0.29) is 11.9 Å². The van der Waals surface area contributed by atoms with E-state index in [4.69, 9.17) is 0 Å². The first-order chi connectivity index (χ1) is 13.2. The summed E-state index contributed by atoms with van der Waals surface area (Å²) in [5, 5.41) is 7.56. The first-order valence-electron chi connectivity index (χ1n) is 9.39. The number of carbonyl (C=O) groups is 1. The largest absolute Gasteiger partial charge is 0.351 e. The smallest absolute Gasteiger partial charge is 0.267 e. The van der Waals surface area contributed by atoms with Gasteiger partial charge in [0.15, 0.2) is 0 Å². The molecule has 0 saturated heterocycles. The van der Waals surface area contributed by atoms with Crippen molar-refractivity contribution < 1.29 is 4.79 Å². The van der Waals surface area contributed by atoms with Gasteiger partial charge in [-0.3, -0.25) is 14.4 Å². The standard InChI is InChI=1S/C21H25N5O/c1-24-13-5-8-20(24)21(27)22-11-9-18-15-25(14-17-6-3-2-4-7-17)16-19-10-12-23-26(18)19/h2-8,10,12-13,18H,9,11,14-16H2,1H3,(H,22,27)/t18-/m0/s1. The molecule has 0 bridgehead atoms. The quantitative estimate of drug-likeness (QED) is 0.732. The van der Waals surface area contributed by atoms with E-state index in [0.717, 1.165) is 26.1 Å². The van der Waals surface area contributed by atoms with Gasteiger partial charge >= 0.3 is 0 Å². The lowest BCUT2D eigenvalue weighted by Gasteiger charge is -2.34. The van der Waals surface area contributed by atoms with Crippen molar-refractivity contribution >= 4 is 5.91 Å². The second-order valence-corrected chi connectivity index (χ2v) is 7.13. The van der Waals surface area contributed by atoms with Crippen molar-refractivity contribution in [3.8, 4) is 0 Å². The van der Waals surface area contributed by atoms with Gasteiger partial charge in [-0.2, -0.15) is 5.10 Å². The summed E-state index contributed by atoms with van der Waals surface area (Å²) >= 11 is 0. The van der Waals surface area contributed by atoms with Crippen molar-refractivity contribution in [2.75, 3.05) is 13.1 Å². The highest BCUT2D eigenvalue weighted by Crippen LogP contribution is 2.24. The van der Waals surface area contributed by atoms with E-state index in [9.17, 15) is 4.79 Å². The van der Waals surface area contributed by atoms with E-state index >= 15 is 0 Å². The summed E-state index contributed by atoms with van der Waals surface area (Å²) in [6, 6.07) is 16.6. The van der Waals surface area contributed by atoms with Crippen LogP contribution in [0.2, 0.25) is 0 Å². The predicted octanol–water partition coefficient (Wildman–Crippen LogP) is 2.60. The summed E-state index contributed by atoms with van der Waals surface area (Å²) in [5.74, 6) is -0.0276. The zero-order valence-electron chi connectivity index (χ0n) is 15.6. The molecule has 1 aliphatic heterocycles. The number of hydrogen-bond acceptors (Lipinski definition) is 3. The van der Waals surface area contributed by atoms with Crippen LogP contribution in [0.25, 0.3) is 0 Å². The number of rotatable bonds is 6. The van der Waals surface area contributed by atoms with Crippen LogP contribution >= 0.6 is 0 Å². The van der Waals surface area contributed by atoms with Crippen molar-refractivity contribution in [1.82, 2.24) is 24.6 Å². The maximum Gasteiger partial charge on any atom is 0.267 e. The molecule has 0 aliphatic carbocycles. The molecule has 0 radical (unpaired) electrons. The third-order valence-electron chi connectivity index (χ3n) is 5.14. The summed E-state index contributed by atoms with van der Waals surface area (Å²) in [7, 11) is 1.88. The van der Waals surface area contributed by atoms with Crippen LogP contribution in [0.4, 0.5) is 0 Å². The van der Waals surface area contributed by atoms with Crippen LogP contribution < -0.4 is 5.32 Å². The molecule has 0 saturated carbocycles. The number of amides is 1. The van der Waals surface area contributed by atoms with Gasteiger partial charge in [0.2, 0.25) is 0 Å². The van der Waals surface area contributed by atoms with Gasteiger partial charge in [-0.15, -0.1) is 0 Å². The molecule has 4 rings (SSSR count). The SMILES string of the molecule is Cn1cccc1C(=O)NCC[C@H]1CN(Cc2ccccc2)Cc2ccnn21. The third-order valence-corrected chi connectivity index (χ3v) is 5.14. The summed E-state index contributed by atoms with van der Waals surface area (Å²) < 4.78 is 3.96. The fourth-order valence-electron chi connectivity index (χ4n) is 3.78. The molecule has 6 nitrogen and oxygen atoms in total. The number of benzene rings is 1. The average Bonchev–Trinajstić information content (AvgIpc) is 3.31. The predicted molar refractivity (Wildman–Crippen MR) is 104 cm³/mol. The Kier molecular flexibility index (Phi) is 5.07. The van der Waals surface area contributed by atoms with Gasteiger partial charge in [-0.1, -0.05) is 30.3 Å². The lowest BCUT2D eigenvalue weighted by molar-refractivity contribution is 0.0939. The number of aryl methyl sites for hydroxylation is 1. The van der Waals surface area contributed by atoms with E-state index in [2.05, 4.69) is 50.3 Å². The molecule has 6 heteroatoms. The Bertz CT molecular complexity index is 898. The number of aromatic nitrogens is 3. The van der Waals surface area contributed by atoms with Crippen LogP contribution in [-0.2, 0) is 20.1 Å². The molecule has 3 aromatic rings. The highest BCUT2D eigenvalue weighted by atomic mass is 16.1. The Morgan fingerprint density at radius 3 is 2.81 bits per heavy atom. The van der Waals surface area contributed by atoms with Gasteiger partial charge in [0.1, 0.15) is 5.69 Å². The van der Waals surface area contributed by atoms with Crippen LogP contribution in [0.1, 0.15) is 34.2 Å². The maximum atomic E-state index is 12.3. The molecule has 0 fully saturated rings. The maximum absolute atomic E-state index is 12.3. The fourth-order valence-corrected chi connectivity index (χ4v) is 3.78. The fraction of sp³-hybridized carbons (Fsp3) is 0.333. The molecular formula is C21H25N5O. The van der Waals surface area contributed by atoms with E-state index in [0.29, 0.717) is 12.2 Å². The monoisotopic (exact) mass is 363 g/mol. The second kappa shape index (κ2) is 7.80. The van der Waals surface area contributed by atoms with Crippen molar-refractivity contribution in [2.45, 2.75) is 25.6 Å². The number of nitrogens with zero attached hydrogens (tertiary/aromatic N) is 4. The van der Waals surface area contributed by atoms with Gasteiger partial charge in [-0.05, 0) is 30.2 Å². The molecule has 140 valence electrons. The topological polar surface area (TPSA) is 55.1 Å². The normalized spacial score (nSPS) is 16.9. The molecular weight excluding hydrogens is 338 g/mol. The number of carbonyl (C=O) groups excluding carboxylic acids is 1. The Labute approximate surface area is 159 Å². The minimum Gasteiger partial charge on any atom is -0.351 e. The Hall–Kier alpha value is -2.86. The van der Waals surface area contributed by atoms with Crippen LogP contribution in [0.3, 0.4) is 0 Å². The Balaban J connectivity index is 1.38. The Morgan fingerprint density at radius 2 is 2.04 bits per heavy atom. The first kappa shape index (κ1) is 17.5. The minimum absolute atomic E-state index is 0.0276. The molecule has 1 atom stereocenters. The molecule has 3 heterocycles. The molecule has 2 aromatic heterocycles. The van der Waals surface area contributed by atoms with Crippen LogP contribution in [0, 0.1) is 0 Å². The molecule has 27 heavy (non-hydrogen) atoms. The number of fused-ring (bicyclic) bond motifs is 1. The van der Waals surface area contributed by atoms with E-state index < -0.39 is 0 Å². The second-order valence-electron chi connectivity index (χ2n) is 7.13. The summed E-state index contributed by atoms with van der Waals surface area (Å²) in [6.45, 7) is 3.40. The highest BCUT2D eigenvalue weighted by Gasteiger charge is 2.25. The zero-order valence-corrected chi connectivity index (χ0v) is 15.6. The number of nitrogens with one attached hydrogen (secondary N) is 1. The summed E-state index contributed by atoms with van der Waals surface area (Å²) in [5.41, 5.74) is 3.24. The van der Waals surface area contributed by atoms with Gasteiger partial charge in [0.25, 0.3) is 5.91 Å². The highest BCUT2D eigenvalue weighted by molar-refractivity contribution is 5.92. The third kappa shape index (κ3) is 3.95. The van der Waals surface area contributed by atoms with Crippen LogP contribution in [0.5, 0.6) is 0 Å². The minimum atomic E-state index is -0.0276. The van der Waals surface area contributed by atoms with Crippen molar-refractivity contribution in [1.29, 1.82) is 0 Å². The van der Waals surface area contributed by atoms with E-state index in [1.807, 2.05) is 42.2 Å². The van der Waals surface area contributed by atoms with Gasteiger partial charge in [0, 0.05) is 45.6 Å². The van der Waals surface area contributed by atoms with Gasteiger partial charge in [-0.25, -0.2) is 0 Å². The molecule has 0 unspecified atom stereocenters. The lowest BCUT2D eigenvalue weighted by atomic mass is 10.1. The van der Waals surface area contributed by atoms with Gasteiger partial charge < -0.3 is 9.88 Å². The zero-order chi connectivity index (χ0) is 18.6. The van der Waals surface area contributed by atoms with Crippen LogP contribution in [0.15, 0.2) is 60.9 Å². The molecule has 1 N–H and O–H groups in total. The molecule has 1 aromatic carbocycles. The lowest BCUT2D eigenvalue weighted by Crippen LogP contribution is -2.39. The van der Waals surface area contributed by atoms with Crippen molar-refractivity contribution in [3.05, 3.63) is 77.9 Å². The molecule has 1 amide bonds. The van der Waals surface area contributed by atoms with E-state index in [1.54, 1.807) is 0 Å². The Morgan fingerprint density at radius 1 is 1.19 bits per heavy atom. The van der Waals surface area contributed by atoms with Crippen molar-refractivity contribution in [2.24, 2.45) is 7.05 Å². The first-order valence-corrected chi connectivity index (χ1v) is 9.39. The number of hydrogen-bond donors (Lipinski definition) is 1. The van der Waals surface area contributed by atoms with Crippen molar-refractivity contribution in [3.63, 3.8) is 0 Å². The summed E-state index contributed by atoms with van der Waals surface area (Å²) in [6.07, 6.45) is 4.61. The molecule has 0 spiro atoms. The molecule has 1 aliphatic rings. The van der Waals surface area contributed by atoms with E-state index in [1.165, 1.54) is 11.3 Å². The van der Waals surface area contributed by atoms with Gasteiger partial charge in [0.05, 0.1) is 11.7 Å².